The average molecular weight is 328 g/mol. The van der Waals surface area contributed by atoms with Crippen molar-refractivity contribution in [3.8, 4) is 23.0 Å². The van der Waals surface area contributed by atoms with E-state index < -0.39 is 0 Å². The molecule has 0 radical (unpaired) electrons. The Morgan fingerprint density at radius 2 is 1.46 bits per heavy atom. The van der Waals surface area contributed by atoms with Crippen LogP contribution in [0, 0.1) is 0 Å². The quantitative estimate of drug-likeness (QED) is 0.896. The standard InChI is InChI=1S/C17H16N2O5/c20-17(19-12-2-4-14-16(8-12)24-10-23-14)9-18-11-1-3-13-15(7-11)22-6-5-21-13/h1-4,7-8,18H,5-6,9-10H2,(H,19,20). The summed E-state index contributed by atoms with van der Waals surface area (Å²) in [6, 6.07) is 10.8. The molecule has 0 aromatic heterocycles. The van der Waals surface area contributed by atoms with Crippen molar-refractivity contribution >= 4 is 17.3 Å². The summed E-state index contributed by atoms with van der Waals surface area (Å²) in [5.74, 6) is 2.55. The summed E-state index contributed by atoms with van der Waals surface area (Å²) in [5, 5.41) is 5.87. The first kappa shape index (κ1) is 14.5. The summed E-state index contributed by atoms with van der Waals surface area (Å²) in [7, 11) is 0. The van der Waals surface area contributed by atoms with Crippen LogP contribution in [0.3, 0.4) is 0 Å². The van der Waals surface area contributed by atoms with E-state index >= 15 is 0 Å². The van der Waals surface area contributed by atoms with Crippen LogP contribution >= 0.6 is 0 Å². The Labute approximate surface area is 138 Å². The zero-order valence-electron chi connectivity index (χ0n) is 12.8. The minimum Gasteiger partial charge on any atom is -0.486 e. The van der Waals surface area contributed by atoms with Crippen LogP contribution in [0.1, 0.15) is 0 Å². The van der Waals surface area contributed by atoms with Gasteiger partial charge in [-0.1, -0.05) is 0 Å². The summed E-state index contributed by atoms with van der Waals surface area (Å²) in [5.41, 5.74) is 1.45. The average Bonchev–Trinajstić information content (AvgIpc) is 3.07. The van der Waals surface area contributed by atoms with E-state index in [0.29, 0.717) is 36.1 Å². The molecular weight excluding hydrogens is 312 g/mol. The molecule has 0 bridgehead atoms. The Morgan fingerprint density at radius 3 is 2.33 bits per heavy atom. The summed E-state index contributed by atoms with van der Waals surface area (Å²) >= 11 is 0. The van der Waals surface area contributed by atoms with Crippen molar-refractivity contribution in [3.05, 3.63) is 36.4 Å². The van der Waals surface area contributed by atoms with Crippen molar-refractivity contribution in [1.82, 2.24) is 0 Å². The molecular formula is C17H16N2O5. The number of carbonyl (C=O) groups excluding carboxylic acids is 1. The van der Waals surface area contributed by atoms with Crippen LogP contribution in [-0.2, 0) is 4.79 Å². The summed E-state index contributed by atoms with van der Waals surface area (Å²) in [6.45, 7) is 1.42. The summed E-state index contributed by atoms with van der Waals surface area (Å²) < 4.78 is 21.5. The Bertz CT molecular complexity index is 778. The monoisotopic (exact) mass is 328 g/mol. The van der Waals surface area contributed by atoms with Crippen molar-refractivity contribution in [1.29, 1.82) is 0 Å². The first-order valence-corrected chi connectivity index (χ1v) is 7.61. The van der Waals surface area contributed by atoms with E-state index in [-0.39, 0.29) is 19.2 Å². The molecule has 0 aliphatic carbocycles. The zero-order chi connectivity index (χ0) is 16.4. The molecule has 124 valence electrons. The lowest BCUT2D eigenvalue weighted by atomic mass is 10.2. The minimum absolute atomic E-state index is 0.133. The maximum absolute atomic E-state index is 12.1. The second-order valence-electron chi connectivity index (χ2n) is 5.33. The number of ether oxygens (including phenoxy) is 4. The van der Waals surface area contributed by atoms with Crippen LogP contribution in [0.4, 0.5) is 11.4 Å². The number of nitrogens with one attached hydrogen (secondary N) is 2. The van der Waals surface area contributed by atoms with Crippen LogP contribution in [0.2, 0.25) is 0 Å². The highest BCUT2D eigenvalue weighted by atomic mass is 16.7. The zero-order valence-corrected chi connectivity index (χ0v) is 12.8. The third-order valence-electron chi connectivity index (χ3n) is 3.65. The topological polar surface area (TPSA) is 78.1 Å². The number of hydrogen-bond donors (Lipinski definition) is 2. The molecule has 2 aliphatic rings. The molecule has 2 aliphatic heterocycles. The van der Waals surface area contributed by atoms with Gasteiger partial charge in [0.15, 0.2) is 23.0 Å². The van der Waals surface area contributed by atoms with E-state index in [1.165, 1.54) is 0 Å². The molecule has 0 saturated carbocycles. The second kappa shape index (κ2) is 6.19. The molecule has 0 fully saturated rings. The molecule has 2 N–H and O–H groups in total. The van der Waals surface area contributed by atoms with Gasteiger partial charge in [-0.15, -0.1) is 0 Å². The second-order valence-corrected chi connectivity index (χ2v) is 5.33. The van der Waals surface area contributed by atoms with Gasteiger partial charge in [-0.25, -0.2) is 0 Å². The van der Waals surface area contributed by atoms with Gasteiger partial charge in [0.25, 0.3) is 0 Å². The van der Waals surface area contributed by atoms with E-state index in [1.54, 1.807) is 18.2 Å². The van der Waals surface area contributed by atoms with Gasteiger partial charge in [0.1, 0.15) is 13.2 Å². The molecule has 0 spiro atoms. The molecule has 0 unspecified atom stereocenters. The van der Waals surface area contributed by atoms with Crippen LogP contribution in [0.5, 0.6) is 23.0 Å². The van der Waals surface area contributed by atoms with Crippen LogP contribution in [0.15, 0.2) is 36.4 Å². The van der Waals surface area contributed by atoms with E-state index in [2.05, 4.69) is 10.6 Å². The highest BCUT2D eigenvalue weighted by molar-refractivity contribution is 5.94. The molecule has 2 heterocycles. The van der Waals surface area contributed by atoms with E-state index in [4.69, 9.17) is 18.9 Å². The molecule has 0 saturated heterocycles. The van der Waals surface area contributed by atoms with Crippen molar-refractivity contribution < 1.29 is 23.7 Å². The number of fused-ring (bicyclic) bond motifs is 2. The van der Waals surface area contributed by atoms with Crippen LogP contribution in [-0.4, -0.2) is 32.5 Å². The lowest BCUT2D eigenvalue weighted by Gasteiger charge is -2.19. The van der Waals surface area contributed by atoms with Crippen LogP contribution < -0.4 is 29.6 Å². The molecule has 7 heteroatoms. The summed E-state index contributed by atoms with van der Waals surface area (Å²) in [6.07, 6.45) is 0. The fourth-order valence-electron chi connectivity index (χ4n) is 2.52. The Balaban J connectivity index is 1.35. The molecule has 2 aromatic carbocycles. The Hall–Kier alpha value is -3.09. The van der Waals surface area contributed by atoms with Gasteiger partial charge in [-0.3, -0.25) is 4.79 Å². The maximum Gasteiger partial charge on any atom is 0.243 e. The van der Waals surface area contributed by atoms with E-state index in [1.807, 2.05) is 18.2 Å². The van der Waals surface area contributed by atoms with Gasteiger partial charge in [0.2, 0.25) is 12.7 Å². The predicted octanol–water partition coefficient (Wildman–Crippen LogP) is 2.24. The van der Waals surface area contributed by atoms with Gasteiger partial charge < -0.3 is 29.6 Å². The fourth-order valence-corrected chi connectivity index (χ4v) is 2.52. The SMILES string of the molecule is O=C(CNc1ccc2c(c1)OCCO2)Nc1ccc2c(c1)OCO2. The van der Waals surface area contributed by atoms with E-state index in [9.17, 15) is 4.79 Å². The smallest absolute Gasteiger partial charge is 0.243 e. The predicted molar refractivity (Wildman–Crippen MR) is 87.1 cm³/mol. The van der Waals surface area contributed by atoms with Gasteiger partial charge >= 0.3 is 0 Å². The fraction of sp³-hybridized carbons (Fsp3) is 0.235. The molecule has 1 amide bonds. The third kappa shape index (κ3) is 3.01. The van der Waals surface area contributed by atoms with Crippen molar-refractivity contribution in [2.45, 2.75) is 0 Å². The first-order chi connectivity index (χ1) is 11.8. The van der Waals surface area contributed by atoms with Crippen molar-refractivity contribution in [2.75, 3.05) is 37.2 Å². The number of amides is 1. The highest BCUT2D eigenvalue weighted by Gasteiger charge is 2.15. The molecule has 24 heavy (non-hydrogen) atoms. The molecule has 0 atom stereocenters. The number of rotatable bonds is 4. The normalized spacial score (nSPS) is 14.2. The molecule has 4 rings (SSSR count). The largest absolute Gasteiger partial charge is 0.486 e. The lowest BCUT2D eigenvalue weighted by Crippen LogP contribution is -2.22. The molecule has 7 nitrogen and oxygen atoms in total. The molecule has 2 aromatic rings. The minimum atomic E-state index is -0.163. The van der Waals surface area contributed by atoms with Gasteiger partial charge in [-0.2, -0.15) is 0 Å². The number of hydrogen-bond acceptors (Lipinski definition) is 6. The number of benzene rings is 2. The number of anilines is 2. The number of carbonyl (C=O) groups is 1. The maximum atomic E-state index is 12.1. The lowest BCUT2D eigenvalue weighted by molar-refractivity contribution is -0.114. The summed E-state index contributed by atoms with van der Waals surface area (Å²) in [4.78, 5) is 12.1. The Kier molecular flexibility index (Phi) is 3.74. The van der Waals surface area contributed by atoms with Gasteiger partial charge in [0, 0.05) is 23.5 Å². The first-order valence-electron chi connectivity index (χ1n) is 7.61. The van der Waals surface area contributed by atoms with Crippen molar-refractivity contribution in [2.24, 2.45) is 0 Å². The van der Waals surface area contributed by atoms with E-state index in [0.717, 1.165) is 11.4 Å². The van der Waals surface area contributed by atoms with Crippen molar-refractivity contribution in [3.63, 3.8) is 0 Å². The van der Waals surface area contributed by atoms with Gasteiger partial charge in [0.05, 0.1) is 6.54 Å². The Morgan fingerprint density at radius 1 is 0.833 bits per heavy atom. The third-order valence-corrected chi connectivity index (χ3v) is 3.65. The van der Waals surface area contributed by atoms with Crippen LogP contribution in [0.25, 0.3) is 0 Å². The van der Waals surface area contributed by atoms with Gasteiger partial charge in [-0.05, 0) is 24.3 Å². The highest BCUT2D eigenvalue weighted by Crippen LogP contribution is 2.34.